The zero-order valence-corrected chi connectivity index (χ0v) is 15.2. The van der Waals surface area contributed by atoms with E-state index in [1.54, 1.807) is 0 Å². The fourth-order valence-electron chi connectivity index (χ4n) is 4.30. The number of aromatic nitrogens is 2. The van der Waals surface area contributed by atoms with E-state index in [1.807, 2.05) is 0 Å². The summed E-state index contributed by atoms with van der Waals surface area (Å²) in [4.78, 5) is 8.69. The van der Waals surface area contributed by atoms with E-state index in [0.717, 1.165) is 16.9 Å². The van der Waals surface area contributed by atoms with Crippen LogP contribution in [0, 0.1) is 20.8 Å². The van der Waals surface area contributed by atoms with Gasteiger partial charge in [0.15, 0.2) is 0 Å². The molecular weight excluding hydrogens is 316 g/mol. The molecule has 2 nitrogen and oxygen atoms in total. The van der Waals surface area contributed by atoms with E-state index in [9.17, 15) is 0 Å². The van der Waals surface area contributed by atoms with Crippen LogP contribution < -0.4 is 0 Å². The van der Waals surface area contributed by atoms with Gasteiger partial charge in [0, 0.05) is 16.3 Å². The second-order valence-electron chi connectivity index (χ2n) is 7.17. The number of H-pyrrole nitrogens is 1. The highest BCUT2D eigenvalue weighted by atomic mass is 14.9. The van der Waals surface area contributed by atoms with Crippen LogP contribution in [-0.2, 0) is 0 Å². The normalized spacial score (nSPS) is 11.7. The molecule has 0 amide bonds. The number of nitrogens with one attached hydrogen (secondary N) is 1. The minimum Gasteiger partial charge on any atom is -0.337 e. The van der Waals surface area contributed by atoms with Crippen molar-refractivity contribution in [1.29, 1.82) is 0 Å². The summed E-state index contributed by atoms with van der Waals surface area (Å²) < 4.78 is 0. The molecule has 4 aromatic carbocycles. The predicted octanol–water partition coefficient (Wildman–Crippen LogP) is 6.46. The second-order valence-corrected chi connectivity index (χ2v) is 7.17. The van der Waals surface area contributed by atoms with Crippen molar-refractivity contribution in [1.82, 2.24) is 9.97 Å². The summed E-state index contributed by atoms with van der Waals surface area (Å²) in [6.07, 6.45) is 0. The van der Waals surface area contributed by atoms with E-state index in [1.165, 1.54) is 43.8 Å². The standard InChI is InChI=1S/C24H20N2/c1-14-12-15(2)21(16(3)13-14)24-25-22-19-10-6-4-8-17(19)18-9-5-7-11-20(18)23(22)26-24/h4-13H,1-3H3,(H,25,26). The predicted molar refractivity (Wildman–Crippen MR) is 111 cm³/mol. The van der Waals surface area contributed by atoms with Gasteiger partial charge in [-0.2, -0.15) is 0 Å². The van der Waals surface area contributed by atoms with Crippen molar-refractivity contribution in [3.8, 4) is 11.4 Å². The Hall–Kier alpha value is -3.13. The van der Waals surface area contributed by atoms with Crippen LogP contribution in [0.15, 0.2) is 60.7 Å². The lowest BCUT2D eigenvalue weighted by Gasteiger charge is -2.08. The van der Waals surface area contributed by atoms with Gasteiger partial charge in [-0.05, 0) is 42.7 Å². The molecule has 0 bridgehead atoms. The first-order valence-corrected chi connectivity index (χ1v) is 9.01. The van der Waals surface area contributed by atoms with Gasteiger partial charge in [-0.1, -0.05) is 66.2 Å². The van der Waals surface area contributed by atoms with Crippen molar-refractivity contribution in [2.24, 2.45) is 0 Å². The van der Waals surface area contributed by atoms with E-state index in [4.69, 9.17) is 4.98 Å². The molecule has 126 valence electrons. The molecule has 2 heteroatoms. The maximum Gasteiger partial charge on any atom is 0.139 e. The number of aryl methyl sites for hydroxylation is 3. The molecule has 0 unspecified atom stereocenters. The van der Waals surface area contributed by atoms with Gasteiger partial charge in [-0.3, -0.25) is 0 Å². The van der Waals surface area contributed by atoms with Crippen LogP contribution in [-0.4, -0.2) is 9.97 Å². The van der Waals surface area contributed by atoms with Gasteiger partial charge < -0.3 is 4.98 Å². The van der Waals surface area contributed by atoms with E-state index < -0.39 is 0 Å². The van der Waals surface area contributed by atoms with Gasteiger partial charge in [0.25, 0.3) is 0 Å². The van der Waals surface area contributed by atoms with Crippen molar-refractivity contribution >= 4 is 32.6 Å². The summed E-state index contributed by atoms with van der Waals surface area (Å²) >= 11 is 0. The first-order chi connectivity index (χ1) is 12.6. The van der Waals surface area contributed by atoms with Crippen LogP contribution in [0.4, 0.5) is 0 Å². The Labute approximate surface area is 152 Å². The number of benzene rings is 4. The molecule has 1 N–H and O–H groups in total. The lowest BCUT2D eigenvalue weighted by molar-refractivity contribution is 1.25. The molecule has 0 radical (unpaired) electrons. The number of nitrogens with zero attached hydrogens (tertiary/aromatic N) is 1. The first-order valence-electron chi connectivity index (χ1n) is 9.01. The topological polar surface area (TPSA) is 28.7 Å². The molecule has 5 rings (SSSR count). The Morgan fingerprint density at radius 2 is 1.23 bits per heavy atom. The lowest BCUT2D eigenvalue weighted by atomic mass is 9.99. The van der Waals surface area contributed by atoms with Gasteiger partial charge in [0.2, 0.25) is 0 Å². The summed E-state index contributed by atoms with van der Waals surface area (Å²) in [6.45, 7) is 6.47. The monoisotopic (exact) mass is 336 g/mol. The summed E-state index contributed by atoms with van der Waals surface area (Å²) in [5.41, 5.74) is 7.18. The highest BCUT2D eigenvalue weighted by Crippen LogP contribution is 2.36. The smallest absolute Gasteiger partial charge is 0.139 e. The van der Waals surface area contributed by atoms with Crippen molar-refractivity contribution in [3.63, 3.8) is 0 Å². The van der Waals surface area contributed by atoms with Crippen LogP contribution in [0.25, 0.3) is 44.0 Å². The Kier molecular flexibility index (Phi) is 3.17. The van der Waals surface area contributed by atoms with Crippen molar-refractivity contribution in [2.75, 3.05) is 0 Å². The lowest BCUT2D eigenvalue weighted by Crippen LogP contribution is -1.91. The fourth-order valence-corrected chi connectivity index (χ4v) is 4.30. The Morgan fingerprint density at radius 3 is 1.88 bits per heavy atom. The molecule has 1 heterocycles. The molecule has 1 aromatic heterocycles. The average Bonchev–Trinajstić information content (AvgIpc) is 3.06. The van der Waals surface area contributed by atoms with Crippen LogP contribution in [0.1, 0.15) is 16.7 Å². The molecular formula is C24H20N2. The highest BCUT2D eigenvalue weighted by molar-refractivity contribution is 6.23. The second kappa shape index (κ2) is 5.43. The third-order valence-corrected chi connectivity index (χ3v) is 5.29. The summed E-state index contributed by atoms with van der Waals surface area (Å²) in [5.74, 6) is 0.955. The van der Waals surface area contributed by atoms with Gasteiger partial charge in [-0.25, -0.2) is 4.98 Å². The van der Waals surface area contributed by atoms with Gasteiger partial charge in [0.1, 0.15) is 5.82 Å². The van der Waals surface area contributed by atoms with Gasteiger partial charge in [0.05, 0.1) is 11.0 Å². The largest absolute Gasteiger partial charge is 0.337 e. The van der Waals surface area contributed by atoms with E-state index in [-0.39, 0.29) is 0 Å². The maximum atomic E-state index is 5.06. The number of rotatable bonds is 1. The summed E-state index contributed by atoms with van der Waals surface area (Å²) in [5, 5.41) is 4.95. The third-order valence-electron chi connectivity index (χ3n) is 5.29. The molecule has 0 aliphatic heterocycles. The van der Waals surface area contributed by atoms with E-state index >= 15 is 0 Å². The van der Waals surface area contributed by atoms with Crippen LogP contribution in [0.5, 0.6) is 0 Å². The van der Waals surface area contributed by atoms with Crippen molar-refractivity contribution < 1.29 is 0 Å². The molecule has 0 saturated carbocycles. The molecule has 0 spiro atoms. The van der Waals surface area contributed by atoms with Crippen molar-refractivity contribution in [2.45, 2.75) is 20.8 Å². The van der Waals surface area contributed by atoms with Gasteiger partial charge >= 0.3 is 0 Å². The van der Waals surface area contributed by atoms with Crippen LogP contribution in [0.3, 0.4) is 0 Å². The minimum absolute atomic E-state index is 0.955. The van der Waals surface area contributed by atoms with E-state index in [2.05, 4.69) is 86.4 Å². The molecule has 5 aromatic rings. The highest BCUT2D eigenvalue weighted by Gasteiger charge is 2.15. The third kappa shape index (κ3) is 2.08. The maximum absolute atomic E-state index is 5.06. The number of hydrogen-bond donors (Lipinski definition) is 1. The molecule has 0 fully saturated rings. The van der Waals surface area contributed by atoms with E-state index in [0.29, 0.717) is 0 Å². The SMILES string of the molecule is Cc1cc(C)c(-c2nc3c4ccccc4c4ccccc4c3[nH]2)c(C)c1. The van der Waals surface area contributed by atoms with Crippen LogP contribution in [0.2, 0.25) is 0 Å². The first kappa shape index (κ1) is 15.2. The van der Waals surface area contributed by atoms with Crippen LogP contribution >= 0.6 is 0 Å². The number of aromatic amines is 1. The molecule has 0 saturated heterocycles. The fraction of sp³-hybridized carbons (Fsp3) is 0.125. The summed E-state index contributed by atoms with van der Waals surface area (Å²) in [6, 6.07) is 21.6. The zero-order valence-electron chi connectivity index (χ0n) is 15.2. The molecule has 0 aliphatic rings. The quantitative estimate of drug-likeness (QED) is 0.350. The Balaban J connectivity index is 1.95. The Morgan fingerprint density at radius 1 is 0.692 bits per heavy atom. The van der Waals surface area contributed by atoms with Gasteiger partial charge in [-0.15, -0.1) is 0 Å². The molecule has 0 atom stereocenters. The van der Waals surface area contributed by atoms with Crippen molar-refractivity contribution in [3.05, 3.63) is 77.4 Å². The zero-order chi connectivity index (χ0) is 17.8. The molecule has 26 heavy (non-hydrogen) atoms. The minimum atomic E-state index is 0.955. The molecule has 0 aliphatic carbocycles. The number of fused-ring (bicyclic) bond motifs is 6. The Bertz CT molecular complexity index is 1210. The number of imidazole rings is 1. The average molecular weight is 336 g/mol. The number of hydrogen-bond acceptors (Lipinski definition) is 1. The summed E-state index contributed by atoms with van der Waals surface area (Å²) in [7, 11) is 0.